The monoisotopic (exact) mass is 236 g/mol. The van der Waals surface area contributed by atoms with Crippen LogP contribution in [0.3, 0.4) is 0 Å². The number of rotatable bonds is 2. The number of hydrogen-bond donors (Lipinski definition) is 1. The maximum atomic E-state index is 3.67. The Morgan fingerprint density at radius 3 is 3.19 bits per heavy atom. The highest BCUT2D eigenvalue weighted by Crippen LogP contribution is 2.27. The third-order valence-electron chi connectivity index (χ3n) is 4.01. The molecule has 88 valence electrons. The van der Waals surface area contributed by atoms with Gasteiger partial charge in [0.05, 0.1) is 0 Å². The molecule has 2 aliphatic heterocycles. The van der Waals surface area contributed by atoms with E-state index in [0.717, 1.165) is 18.5 Å². The van der Waals surface area contributed by atoms with Crippen molar-refractivity contribution in [1.82, 2.24) is 10.2 Å². The average molecular weight is 236 g/mol. The molecular weight excluding hydrogens is 216 g/mol. The molecule has 2 nitrogen and oxygen atoms in total. The fourth-order valence-corrected chi connectivity index (χ4v) is 3.98. The van der Waals surface area contributed by atoms with Gasteiger partial charge in [-0.15, -0.1) is 11.3 Å². The second-order valence-corrected chi connectivity index (χ2v) is 6.18. The molecule has 3 rings (SSSR count). The van der Waals surface area contributed by atoms with Crippen LogP contribution in [0.25, 0.3) is 0 Å². The fraction of sp³-hybridized carbons (Fsp3) is 0.692. The Morgan fingerprint density at radius 1 is 1.50 bits per heavy atom. The van der Waals surface area contributed by atoms with Crippen LogP contribution in [0, 0.1) is 12.8 Å². The summed E-state index contributed by atoms with van der Waals surface area (Å²) in [5.74, 6) is 0.911. The molecule has 2 aliphatic rings. The maximum Gasteiger partial charge on any atom is 0.0331 e. The lowest BCUT2D eigenvalue weighted by Gasteiger charge is -2.24. The summed E-state index contributed by atoms with van der Waals surface area (Å²) in [6.45, 7) is 7.18. The van der Waals surface area contributed by atoms with E-state index in [1.165, 1.54) is 38.0 Å². The van der Waals surface area contributed by atoms with Gasteiger partial charge in [-0.3, -0.25) is 4.90 Å². The maximum absolute atomic E-state index is 3.67. The van der Waals surface area contributed by atoms with Gasteiger partial charge in [0.2, 0.25) is 0 Å². The van der Waals surface area contributed by atoms with Crippen molar-refractivity contribution >= 4 is 11.3 Å². The molecule has 2 saturated heterocycles. The molecule has 2 atom stereocenters. The first-order valence-corrected chi connectivity index (χ1v) is 7.19. The Morgan fingerprint density at radius 2 is 2.44 bits per heavy atom. The summed E-state index contributed by atoms with van der Waals surface area (Å²) in [4.78, 5) is 4.19. The highest BCUT2D eigenvalue weighted by molar-refractivity contribution is 7.10. The van der Waals surface area contributed by atoms with Crippen LogP contribution in [0.4, 0.5) is 0 Å². The predicted molar refractivity (Wildman–Crippen MR) is 68.8 cm³/mol. The zero-order valence-electron chi connectivity index (χ0n) is 9.91. The van der Waals surface area contributed by atoms with Crippen molar-refractivity contribution in [3.05, 3.63) is 21.9 Å². The summed E-state index contributed by atoms with van der Waals surface area (Å²) >= 11 is 1.91. The molecular formula is C13H20N2S. The lowest BCUT2D eigenvalue weighted by molar-refractivity contribution is 0.314. The zero-order chi connectivity index (χ0) is 11.0. The van der Waals surface area contributed by atoms with Crippen molar-refractivity contribution in [2.45, 2.75) is 32.4 Å². The fourth-order valence-electron chi connectivity index (χ4n) is 3.03. The first-order chi connectivity index (χ1) is 7.83. The van der Waals surface area contributed by atoms with Crippen molar-refractivity contribution in [3.8, 4) is 0 Å². The number of nitrogens with one attached hydrogen (secondary N) is 1. The van der Waals surface area contributed by atoms with Crippen LogP contribution in [0.5, 0.6) is 0 Å². The molecule has 0 aliphatic carbocycles. The second-order valence-electron chi connectivity index (χ2n) is 5.18. The average Bonchev–Trinajstić information content (AvgIpc) is 2.85. The number of hydrogen-bond acceptors (Lipinski definition) is 3. The van der Waals surface area contributed by atoms with Gasteiger partial charge in [-0.2, -0.15) is 0 Å². The molecule has 3 heteroatoms. The number of nitrogens with zero attached hydrogens (tertiary/aromatic N) is 1. The number of piperidine rings is 1. The predicted octanol–water partition coefficient (Wildman–Crippen LogP) is 2.24. The van der Waals surface area contributed by atoms with Crippen LogP contribution >= 0.6 is 11.3 Å². The molecule has 2 unspecified atom stereocenters. The van der Waals surface area contributed by atoms with Gasteiger partial charge < -0.3 is 5.32 Å². The quantitative estimate of drug-likeness (QED) is 0.847. The molecule has 16 heavy (non-hydrogen) atoms. The van der Waals surface area contributed by atoms with Gasteiger partial charge in [0, 0.05) is 30.6 Å². The Bertz CT molecular complexity index is 347. The number of aryl methyl sites for hydroxylation is 1. The van der Waals surface area contributed by atoms with Crippen molar-refractivity contribution < 1.29 is 0 Å². The van der Waals surface area contributed by atoms with E-state index in [-0.39, 0.29) is 0 Å². The minimum atomic E-state index is 0.772. The largest absolute Gasteiger partial charge is 0.312 e. The smallest absolute Gasteiger partial charge is 0.0331 e. The number of thiophene rings is 1. The summed E-state index contributed by atoms with van der Waals surface area (Å²) in [6.07, 6.45) is 2.80. The van der Waals surface area contributed by atoms with E-state index in [2.05, 4.69) is 28.6 Å². The first-order valence-electron chi connectivity index (χ1n) is 6.31. The summed E-state index contributed by atoms with van der Waals surface area (Å²) in [5.41, 5.74) is 1.47. The molecule has 0 radical (unpaired) electrons. The van der Waals surface area contributed by atoms with Crippen LogP contribution in [-0.4, -0.2) is 30.6 Å². The number of fused-ring (bicyclic) bond motifs is 1. The Hall–Kier alpha value is -0.380. The van der Waals surface area contributed by atoms with E-state index in [1.54, 1.807) is 4.88 Å². The van der Waals surface area contributed by atoms with Crippen LogP contribution in [-0.2, 0) is 6.54 Å². The topological polar surface area (TPSA) is 15.3 Å². The van der Waals surface area contributed by atoms with E-state index in [1.807, 2.05) is 11.3 Å². The Labute approximate surface area is 102 Å². The standard InChI is InChI=1S/C13H20N2S/c1-10-4-6-16-13(10)9-15-7-11-3-2-5-14-12(11)8-15/h4,6,11-12,14H,2-3,5,7-9H2,1H3. The molecule has 1 N–H and O–H groups in total. The van der Waals surface area contributed by atoms with Crippen molar-refractivity contribution in [2.75, 3.05) is 19.6 Å². The third kappa shape index (κ3) is 2.04. The van der Waals surface area contributed by atoms with Gasteiger partial charge in [-0.1, -0.05) is 0 Å². The third-order valence-corrected chi connectivity index (χ3v) is 5.02. The molecule has 0 bridgehead atoms. The highest BCUT2D eigenvalue weighted by atomic mass is 32.1. The molecule has 1 aromatic rings. The minimum absolute atomic E-state index is 0.772. The van der Waals surface area contributed by atoms with Crippen LogP contribution in [0.15, 0.2) is 11.4 Å². The zero-order valence-corrected chi connectivity index (χ0v) is 10.7. The van der Waals surface area contributed by atoms with Gasteiger partial charge >= 0.3 is 0 Å². The van der Waals surface area contributed by atoms with Crippen molar-refractivity contribution in [3.63, 3.8) is 0 Å². The van der Waals surface area contributed by atoms with E-state index < -0.39 is 0 Å². The van der Waals surface area contributed by atoms with Gasteiger partial charge in [-0.05, 0) is 49.2 Å². The summed E-state index contributed by atoms with van der Waals surface area (Å²) in [5, 5.41) is 5.88. The van der Waals surface area contributed by atoms with Crippen LogP contribution in [0.2, 0.25) is 0 Å². The van der Waals surface area contributed by atoms with Gasteiger partial charge in [0.15, 0.2) is 0 Å². The lowest BCUT2D eigenvalue weighted by Crippen LogP contribution is -2.40. The summed E-state index contributed by atoms with van der Waals surface area (Å²) in [6, 6.07) is 3.01. The highest BCUT2D eigenvalue weighted by Gasteiger charge is 2.34. The van der Waals surface area contributed by atoms with Gasteiger partial charge in [-0.25, -0.2) is 0 Å². The Kier molecular flexibility index (Phi) is 3.01. The van der Waals surface area contributed by atoms with Crippen LogP contribution < -0.4 is 5.32 Å². The van der Waals surface area contributed by atoms with E-state index >= 15 is 0 Å². The first kappa shape index (κ1) is 10.8. The molecule has 1 aromatic heterocycles. The van der Waals surface area contributed by atoms with Crippen molar-refractivity contribution in [2.24, 2.45) is 5.92 Å². The second kappa shape index (κ2) is 4.47. The minimum Gasteiger partial charge on any atom is -0.312 e. The molecule has 0 saturated carbocycles. The van der Waals surface area contributed by atoms with E-state index in [0.29, 0.717) is 0 Å². The summed E-state index contributed by atoms with van der Waals surface area (Å²) < 4.78 is 0. The Balaban J connectivity index is 1.63. The number of likely N-dealkylation sites (tertiary alicyclic amines) is 1. The molecule has 0 aromatic carbocycles. The molecule has 0 amide bonds. The molecule has 3 heterocycles. The van der Waals surface area contributed by atoms with Gasteiger partial charge in [0.25, 0.3) is 0 Å². The van der Waals surface area contributed by atoms with E-state index in [4.69, 9.17) is 0 Å². The molecule has 2 fully saturated rings. The van der Waals surface area contributed by atoms with E-state index in [9.17, 15) is 0 Å². The van der Waals surface area contributed by atoms with Crippen molar-refractivity contribution in [1.29, 1.82) is 0 Å². The van der Waals surface area contributed by atoms with Gasteiger partial charge in [0.1, 0.15) is 0 Å². The summed E-state index contributed by atoms with van der Waals surface area (Å²) in [7, 11) is 0. The normalized spacial score (nSPS) is 30.6. The van der Waals surface area contributed by atoms with Crippen LogP contribution in [0.1, 0.15) is 23.3 Å². The molecule has 0 spiro atoms. The SMILES string of the molecule is Cc1ccsc1CN1CC2CCCNC2C1. The lowest BCUT2D eigenvalue weighted by atomic mass is 9.94.